The van der Waals surface area contributed by atoms with Gasteiger partial charge in [-0.1, -0.05) is 38.1 Å². The zero-order valence-electron chi connectivity index (χ0n) is 16.9. The van der Waals surface area contributed by atoms with Crippen molar-refractivity contribution in [1.29, 1.82) is 0 Å². The fraction of sp³-hybridized carbons (Fsp3) is 0.391. The van der Waals surface area contributed by atoms with Crippen LogP contribution in [-0.2, 0) is 17.8 Å². The lowest BCUT2D eigenvalue weighted by Gasteiger charge is -2.38. The van der Waals surface area contributed by atoms with E-state index < -0.39 is 0 Å². The van der Waals surface area contributed by atoms with Crippen molar-refractivity contribution in [1.82, 2.24) is 10.2 Å². The number of fused-ring (bicyclic) bond motifs is 1. The van der Waals surface area contributed by atoms with Crippen molar-refractivity contribution in [3.05, 3.63) is 65.2 Å². The van der Waals surface area contributed by atoms with Crippen molar-refractivity contribution in [3.63, 3.8) is 0 Å². The largest absolute Gasteiger partial charge is 0.350 e. The van der Waals surface area contributed by atoms with E-state index in [4.69, 9.17) is 0 Å². The summed E-state index contributed by atoms with van der Waals surface area (Å²) in [6.45, 7) is 8.44. The number of benzene rings is 2. The lowest BCUT2D eigenvalue weighted by Crippen LogP contribution is -2.48. The number of amides is 2. The van der Waals surface area contributed by atoms with Crippen LogP contribution in [0.15, 0.2) is 48.5 Å². The van der Waals surface area contributed by atoms with E-state index in [1.54, 1.807) is 24.3 Å². The first-order chi connectivity index (χ1) is 13.4. The van der Waals surface area contributed by atoms with Gasteiger partial charge in [0.05, 0.1) is 0 Å². The standard InChI is InChI=1S/C23H29N3O2/c1-16(2)22(26-13-12-18-6-4-5-7-20(18)15-26)14-24-23(28)19-8-10-21(11-9-19)25-17(3)27/h4-11,16,22H,12-15H2,1-3H3,(H,24,28)(H,25,27)/t22-/m1/s1. The normalized spacial score (nSPS) is 15.0. The highest BCUT2D eigenvalue weighted by atomic mass is 16.2. The Morgan fingerprint density at radius 2 is 1.71 bits per heavy atom. The zero-order valence-corrected chi connectivity index (χ0v) is 16.9. The molecule has 5 heteroatoms. The second kappa shape index (κ2) is 9.02. The van der Waals surface area contributed by atoms with Crippen LogP contribution in [0.1, 0.15) is 42.3 Å². The average Bonchev–Trinajstić information content (AvgIpc) is 2.67. The topological polar surface area (TPSA) is 61.4 Å². The van der Waals surface area contributed by atoms with Gasteiger partial charge in [0.25, 0.3) is 5.91 Å². The van der Waals surface area contributed by atoms with Crippen LogP contribution >= 0.6 is 0 Å². The Hall–Kier alpha value is -2.66. The number of nitrogens with one attached hydrogen (secondary N) is 2. The van der Waals surface area contributed by atoms with Gasteiger partial charge in [-0.25, -0.2) is 0 Å². The molecule has 2 aromatic rings. The molecule has 0 spiro atoms. The number of rotatable bonds is 6. The Labute approximate surface area is 167 Å². The molecule has 0 aromatic heterocycles. The Morgan fingerprint density at radius 3 is 2.36 bits per heavy atom. The monoisotopic (exact) mass is 379 g/mol. The molecule has 0 bridgehead atoms. The van der Waals surface area contributed by atoms with Crippen LogP contribution in [0.2, 0.25) is 0 Å². The molecular weight excluding hydrogens is 350 g/mol. The first-order valence-electron chi connectivity index (χ1n) is 9.90. The van der Waals surface area contributed by atoms with Crippen LogP contribution in [0, 0.1) is 5.92 Å². The molecule has 1 aliphatic rings. The van der Waals surface area contributed by atoms with Gasteiger partial charge in [0.15, 0.2) is 0 Å². The number of carbonyl (C=O) groups excluding carboxylic acids is 2. The number of anilines is 1. The maximum atomic E-state index is 12.6. The maximum Gasteiger partial charge on any atom is 0.251 e. The van der Waals surface area contributed by atoms with Gasteiger partial charge in [-0.05, 0) is 47.7 Å². The summed E-state index contributed by atoms with van der Waals surface area (Å²) >= 11 is 0. The van der Waals surface area contributed by atoms with Crippen molar-refractivity contribution in [2.45, 2.75) is 39.8 Å². The summed E-state index contributed by atoms with van der Waals surface area (Å²) in [4.78, 5) is 26.2. The molecule has 0 aliphatic carbocycles. The van der Waals surface area contributed by atoms with Gasteiger partial charge in [-0.2, -0.15) is 0 Å². The smallest absolute Gasteiger partial charge is 0.251 e. The number of carbonyl (C=O) groups is 2. The van der Waals surface area contributed by atoms with Crippen LogP contribution in [-0.4, -0.2) is 35.8 Å². The highest BCUT2D eigenvalue weighted by molar-refractivity contribution is 5.95. The summed E-state index contributed by atoms with van der Waals surface area (Å²) in [6.07, 6.45) is 1.05. The molecule has 1 aliphatic heterocycles. The molecule has 2 amide bonds. The second-order valence-corrected chi connectivity index (χ2v) is 7.77. The SMILES string of the molecule is CC(=O)Nc1ccc(C(=O)NC[C@H](C(C)C)N2CCc3ccccc3C2)cc1. The van der Waals surface area contributed by atoms with Crippen LogP contribution < -0.4 is 10.6 Å². The van der Waals surface area contributed by atoms with E-state index >= 15 is 0 Å². The zero-order chi connectivity index (χ0) is 20.1. The minimum absolute atomic E-state index is 0.0857. The van der Waals surface area contributed by atoms with Gasteiger partial charge in [0.1, 0.15) is 0 Å². The summed E-state index contributed by atoms with van der Waals surface area (Å²) in [7, 11) is 0. The molecule has 28 heavy (non-hydrogen) atoms. The van der Waals surface area contributed by atoms with Crippen LogP contribution in [0.5, 0.6) is 0 Å². The predicted octanol–water partition coefficient (Wildman–Crippen LogP) is 3.46. The molecule has 3 rings (SSSR count). The first kappa shape index (κ1) is 20.1. The molecule has 1 heterocycles. The van der Waals surface area contributed by atoms with E-state index in [0.29, 0.717) is 23.7 Å². The van der Waals surface area contributed by atoms with Gasteiger partial charge < -0.3 is 10.6 Å². The van der Waals surface area contributed by atoms with Gasteiger partial charge in [0.2, 0.25) is 5.91 Å². The molecule has 1 atom stereocenters. The Bertz CT molecular complexity index is 830. The molecule has 2 N–H and O–H groups in total. The fourth-order valence-corrected chi connectivity index (χ4v) is 3.79. The highest BCUT2D eigenvalue weighted by Gasteiger charge is 2.26. The summed E-state index contributed by atoms with van der Waals surface area (Å²) in [5, 5.41) is 5.80. The van der Waals surface area contributed by atoms with E-state index in [-0.39, 0.29) is 17.9 Å². The third-order valence-electron chi connectivity index (χ3n) is 5.34. The minimum Gasteiger partial charge on any atom is -0.350 e. The lowest BCUT2D eigenvalue weighted by atomic mass is 9.95. The van der Waals surface area contributed by atoms with Gasteiger partial charge >= 0.3 is 0 Å². The molecule has 2 aromatic carbocycles. The van der Waals surface area contributed by atoms with Crippen molar-refractivity contribution in [3.8, 4) is 0 Å². The third kappa shape index (κ3) is 4.98. The van der Waals surface area contributed by atoms with Crippen molar-refractivity contribution in [2.75, 3.05) is 18.4 Å². The minimum atomic E-state index is -0.125. The van der Waals surface area contributed by atoms with Gasteiger partial charge in [-0.3, -0.25) is 14.5 Å². The number of hydrogen-bond donors (Lipinski definition) is 2. The second-order valence-electron chi connectivity index (χ2n) is 7.77. The molecule has 148 valence electrons. The highest BCUT2D eigenvalue weighted by Crippen LogP contribution is 2.23. The third-order valence-corrected chi connectivity index (χ3v) is 5.34. The summed E-state index contributed by atoms with van der Waals surface area (Å²) < 4.78 is 0. The van der Waals surface area contributed by atoms with Crippen molar-refractivity contribution >= 4 is 17.5 Å². The average molecular weight is 380 g/mol. The van der Waals surface area contributed by atoms with E-state index in [1.165, 1.54) is 18.1 Å². The quantitative estimate of drug-likeness (QED) is 0.808. The Kier molecular flexibility index (Phi) is 6.47. The Morgan fingerprint density at radius 1 is 1.04 bits per heavy atom. The summed E-state index contributed by atoms with van der Waals surface area (Å²) in [5.41, 5.74) is 4.11. The molecule has 0 saturated carbocycles. The lowest BCUT2D eigenvalue weighted by molar-refractivity contribution is -0.114. The van der Waals surface area contributed by atoms with Gasteiger partial charge in [-0.15, -0.1) is 0 Å². The molecule has 0 radical (unpaired) electrons. The van der Waals surface area contributed by atoms with Gasteiger partial charge in [0, 0.05) is 43.9 Å². The fourth-order valence-electron chi connectivity index (χ4n) is 3.79. The number of hydrogen-bond acceptors (Lipinski definition) is 3. The number of nitrogens with zero attached hydrogens (tertiary/aromatic N) is 1. The summed E-state index contributed by atoms with van der Waals surface area (Å²) in [5.74, 6) is 0.227. The van der Waals surface area contributed by atoms with Crippen LogP contribution in [0.3, 0.4) is 0 Å². The predicted molar refractivity (Wildman–Crippen MR) is 112 cm³/mol. The summed E-state index contributed by atoms with van der Waals surface area (Å²) in [6, 6.07) is 15.9. The Balaban J connectivity index is 1.61. The van der Waals surface area contributed by atoms with Crippen molar-refractivity contribution < 1.29 is 9.59 Å². The van der Waals surface area contributed by atoms with Crippen LogP contribution in [0.4, 0.5) is 5.69 Å². The molecular formula is C23H29N3O2. The molecule has 0 unspecified atom stereocenters. The molecule has 0 fully saturated rings. The maximum absolute atomic E-state index is 12.6. The first-order valence-corrected chi connectivity index (χ1v) is 9.90. The molecule has 0 saturated heterocycles. The van der Waals surface area contributed by atoms with E-state index in [1.807, 2.05) is 0 Å². The van der Waals surface area contributed by atoms with E-state index in [0.717, 1.165) is 19.5 Å². The van der Waals surface area contributed by atoms with Crippen molar-refractivity contribution in [2.24, 2.45) is 5.92 Å². The van der Waals surface area contributed by atoms with E-state index in [9.17, 15) is 9.59 Å². The molecule has 5 nitrogen and oxygen atoms in total. The van der Waals surface area contributed by atoms with Crippen LogP contribution in [0.25, 0.3) is 0 Å². The van der Waals surface area contributed by atoms with E-state index in [2.05, 4.69) is 53.6 Å².